The number of anilines is 1. The summed E-state index contributed by atoms with van der Waals surface area (Å²) >= 11 is 0. The molecular formula is C13H22N2O2S. The third kappa shape index (κ3) is 2.67. The molecule has 0 fully saturated rings. The van der Waals surface area contributed by atoms with Gasteiger partial charge in [0.1, 0.15) is 0 Å². The molecule has 0 aromatic heterocycles. The minimum atomic E-state index is -3.33. The maximum absolute atomic E-state index is 12.1. The largest absolute Gasteiger partial charge is 0.329 e. The number of aryl methyl sites for hydroxylation is 2. The number of nitrogens with zero attached hydrogens (tertiary/aromatic N) is 1. The van der Waals surface area contributed by atoms with Gasteiger partial charge in [0.05, 0.1) is 11.4 Å². The molecule has 1 aromatic rings. The first-order valence-corrected chi connectivity index (χ1v) is 7.57. The van der Waals surface area contributed by atoms with Crippen LogP contribution in [0.2, 0.25) is 0 Å². The maximum atomic E-state index is 12.1. The SMILES string of the molecule is Cc1cc(C)c(C)c(N(C)S(=O)(=O)CCN)c1C. The number of hydrogen-bond donors (Lipinski definition) is 1. The number of hydrogen-bond acceptors (Lipinski definition) is 3. The zero-order valence-corrected chi connectivity index (χ0v) is 12.6. The van der Waals surface area contributed by atoms with Gasteiger partial charge in [-0.05, 0) is 49.9 Å². The smallest absolute Gasteiger partial charge is 0.236 e. The fraction of sp³-hybridized carbons (Fsp3) is 0.538. The Balaban J connectivity index is 3.42. The molecule has 0 atom stereocenters. The fourth-order valence-electron chi connectivity index (χ4n) is 2.09. The van der Waals surface area contributed by atoms with E-state index in [4.69, 9.17) is 5.73 Å². The summed E-state index contributed by atoms with van der Waals surface area (Å²) in [5, 5.41) is 0. The van der Waals surface area contributed by atoms with Crippen molar-refractivity contribution < 1.29 is 8.42 Å². The van der Waals surface area contributed by atoms with Gasteiger partial charge in [-0.1, -0.05) is 6.07 Å². The summed E-state index contributed by atoms with van der Waals surface area (Å²) in [6.45, 7) is 8.02. The summed E-state index contributed by atoms with van der Waals surface area (Å²) in [5.74, 6) is -0.0324. The Morgan fingerprint density at radius 1 is 1.11 bits per heavy atom. The molecule has 4 nitrogen and oxygen atoms in total. The average Bonchev–Trinajstić information content (AvgIpc) is 2.26. The van der Waals surface area contributed by atoms with Gasteiger partial charge >= 0.3 is 0 Å². The van der Waals surface area contributed by atoms with E-state index in [9.17, 15) is 8.42 Å². The Morgan fingerprint density at radius 3 is 1.94 bits per heavy atom. The van der Waals surface area contributed by atoms with E-state index >= 15 is 0 Å². The highest BCUT2D eigenvalue weighted by Crippen LogP contribution is 2.30. The van der Waals surface area contributed by atoms with Crippen molar-refractivity contribution in [1.82, 2.24) is 0 Å². The minimum Gasteiger partial charge on any atom is -0.329 e. The molecule has 0 aliphatic rings. The fourth-order valence-corrected chi connectivity index (χ4v) is 3.22. The lowest BCUT2D eigenvalue weighted by molar-refractivity contribution is 0.594. The molecule has 0 heterocycles. The Hall–Kier alpha value is -1.07. The van der Waals surface area contributed by atoms with Crippen LogP contribution in [0.1, 0.15) is 22.3 Å². The lowest BCUT2D eigenvalue weighted by atomic mass is 9.99. The highest BCUT2D eigenvalue weighted by atomic mass is 32.2. The average molecular weight is 270 g/mol. The lowest BCUT2D eigenvalue weighted by Crippen LogP contribution is -2.33. The van der Waals surface area contributed by atoms with Gasteiger partial charge in [-0.25, -0.2) is 8.42 Å². The van der Waals surface area contributed by atoms with Gasteiger partial charge in [0.25, 0.3) is 0 Å². The van der Waals surface area contributed by atoms with Crippen molar-refractivity contribution in [3.8, 4) is 0 Å². The van der Waals surface area contributed by atoms with Crippen molar-refractivity contribution >= 4 is 15.7 Å². The van der Waals surface area contributed by atoms with Crippen LogP contribution < -0.4 is 10.0 Å². The molecule has 1 rings (SSSR count). The second kappa shape index (κ2) is 5.28. The van der Waals surface area contributed by atoms with E-state index in [0.29, 0.717) is 0 Å². The number of sulfonamides is 1. The van der Waals surface area contributed by atoms with Crippen LogP contribution in [-0.2, 0) is 10.0 Å². The van der Waals surface area contributed by atoms with Crippen molar-refractivity contribution in [2.45, 2.75) is 27.7 Å². The predicted octanol–water partition coefficient (Wildman–Crippen LogP) is 1.64. The van der Waals surface area contributed by atoms with Crippen molar-refractivity contribution in [1.29, 1.82) is 0 Å². The molecule has 0 spiro atoms. The van der Waals surface area contributed by atoms with E-state index in [0.717, 1.165) is 27.9 Å². The third-order valence-electron chi connectivity index (χ3n) is 3.43. The molecule has 1 aromatic carbocycles. The van der Waals surface area contributed by atoms with Gasteiger partial charge in [0.15, 0.2) is 0 Å². The second-order valence-corrected chi connectivity index (χ2v) is 6.80. The Bertz CT molecular complexity index is 524. The second-order valence-electron chi connectivity index (χ2n) is 4.68. The quantitative estimate of drug-likeness (QED) is 0.904. The highest BCUT2D eigenvalue weighted by Gasteiger charge is 2.22. The number of benzene rings is 1. The van der Waals surface area contributed by atoms with Crippen LogP contribution in [0.15, 0.2) is 6.07 Å². The first kappa shape index (κ1) is 15.0. The molecule has 0 aliphatic heterocycles. The summed E-state index contributed by atoms with van der Waals surface area (Å²) in [4.78, 5) is 0. The molecule has 0 aliphatic carbocycles. The maximum Gasteiger partial charge on any atom is 0.236 e. The third-order valence-corrected chi connectivity index (χ3v) is 5.20. The summed E-state index contributed by atoms with van der Waals surface area (Å²) in [5.41, 5.74) is 10.3. The zero-order chi connectivity index (χ0) is 14.1. The first-order chi connectivity index (χ1) is 8.22. The topological polar surface area (TPSA) is 63.4 Å². The molecule has 0 saturated heterocycles. The molecule has 0 radical (unpaired) electrons. The van der Waals surface area contributed by atoms with E-state index in [1.807, 2.05) is 27.7 Å². The van der Waals surface area contributed by atoms with E-state index in [1.165, 1.54) is 4.31 Å². The molecule has 102 valence electrons. The van der Waals surface area contributed by atoms with Gasteiger partial charge in [0.2, 0.25) is 10.0 Å². The van der Waals surface area contributed by atoms with E-state index in [2.05, 4.69) is 6.07 Å². The van der Waals surface area contributed by atoms with Crippen LogP contribution in [0.25, 0.3) is 0 Å². The summed E-state index contributed by atoms with van der Waals surface area (Å²) in [7, 11) is -1.74. The molecule has 0 unspecified atom stereocenters. The standard InChI is InChI=1S/C13H22N2O2S/c1-9-8-10(2)12(4)13(11(9)3)15(5)18(16,17)7-6-14/h8H,6-7,14H2,1-5H3. The van der Waals surface area contributed by atoms with Gasteiger partial charge < -0.3 is 5.73 Å². The van der Waals surface area contributed by atoms with Crippen molar-refractivity contribution in [2.75, 3.05) is 23.7 Å². The van der Waals surface area contributed by atoms with Crippen LogP contribution in [0, 0.1) is 27.7 Å². The minimum absolute atomic E-state index is 0.0324. The van der Waals surface area contributed by atoms with Crippen LogP contribution >= 0.6 is 0 Å². The number of nitrogens with two attached hydrogens (primary N) is 1. The lowest BCUT2D eigenvalue weighted by Gasteiger charge is -2.25. The first-order valence-electron chi connectivity index (χ1n) is 5.96. The highest BCUT2D eigenvalue weighted by molar-refractivity contribution is 7.92. The van der Waals surface area contributed by atoms with E-state index in [1.54, 1.807) is 7.05 Å². The van der Waals surface area contributed by atoms with Crippen LogP contribution in [0.4, 0.5) is 5.69 Å². The molecule has 5 heteroatoms. The summed E-state index contributed by atoms with van der Waals surface area (Å²) in [6.07, 6.45) is 0. The van der Waals surface area contributed by atoms with Gasteiger partial charge in [-0.2, -0.15) is 0 Å². The van der Waals surface area contributed by atoms with Crippen molar-refractivity contribution in [3.05, 3.63) is 28.3 Å². The molecule has 0 saturated carbocycles. The van der Waals surface area contributed by atoms with Crippen molar-refractivity contribution in [3.63, 3.8) is 0 Å². The summed E-state index contributed by atoms with van der Waals surface area (Å²) < 4.78 is 25.6. The predicted molar refractivity (Wildman–Crippen MR) is 76.6 cm³/mol. The van der Waals surface area contributed by atoms with E-state index in [-0.39, 0.29) is 12.3 Å². The van der Waals surface area contributed by atoms with Crippen LogP contribution in [-0.4, -0.2) is 27.8 Å². The van der Waals surface area contributed by atoms with E-state index < -0.39 is 10.0 Å². The zero-order valence-electron chi connectivity index (χ0n) is 11.7. The molecule has 2 N–H and O–H groups in total. The Kier molecular flexibility index (Phi) is 4.40. The molecule has 0 bridgehead atoms. The normalized spacial score (nSPS) is 11.7. The number of rotatable bonds is 4. The Morgan fingerprint density at radius 2 is 1.56 bits per heavy atom. The van der Waals surface area contributed by atoms with Gasteiger partial charge in [-0.15, -0.1) is 0 Å². The molecule has 18 heavy (non-hydrogen) atoms. The van der Waals surface area contributed by atoms with Gasteiger partial charge in [-0.3, -0.25) is 4.31 Å². The molecular weight excluding hydrogens is 248 g/mol. The summed E-state index contributed by atoms with van der Waals surface area (Å²) in [6, 6.07) is 2.08. The van der Waals surface area contributed by atoms with Crippen LogP contribution in [0.3, 0.4) is 0 Å². The Labute approximate surface area is 110 Å². The monoisotopic (exact) mass is 270 g/mol. The van der Waals surface area contributed by atoms with Gasteiger partial charge in [0, 0.05) is 13.6 Å². The molecule has 0 amide bonds. The van der Waals surface area contributed by atoms with Crippen molar-refractivity contribution in [2.24, 2.45) is 5.73 Å². The van der Waals surface area contributed by atoms with Crippen LogP contribution in [0.5, 0.6) is 0 Å².